The molecule has 1 atom stereocenters. The molecule has 170 valence electrons. The van der Waals surface area contributed by atoms with Gasteiger partial charge in [-0.3, -0.25) is 9.32 Å². The second-order valence-electron chi connectivity index (χ2n) is 7.10. The first kappa shape index (κ1) is 28.0. The van der Waals surface area contributed by atoms with Crippen LogP contribution in [-0.4, -0.2) is 40.2 Å². The van der Waals surface area contributed by atoms with Gasteiger partial charge in [0.25, 0.3) is 0 Å². The molecule has 0 aromatic carbocycles. The summed E-state index contributed by atoms with van der Waals surface area (Å²) >= 11 is 0. The van der Waals surface area contributed by atoms with Gasteiger partial charge < -0.3 is 19.6 Å². The van der Waals surface area contributed by atoms with Gasteiger partial charge in [0.2, 0.25) is 0 Å². The zero-order valence-corrected chi connectivity index (χ0v) is 18.6. The van der Waals surface area contributed by atoms with E-state index in [4.69, 9.17) is 14.5 Å². The molecule has 0 aromatic heterocycles. The Balaban J connectivity index is 3.44. The molecule has 29 heavy (non-hydrogen) atoms. The number of hydrogen-bond acceptors (Lipinski definition) is 5. The predicted octanol–water partition coefficient (Wildman–Crippen LogP) is 4.81. The molecule has 0 amide bonds. The van der Waals surface area contributed by atoms with Crippen LogP contribution in [0.4, 0.5) is 0 Å². The Morgan fingerprint density at radius 3 is 2.10 bits per heavy atom. The summed E-state index contributed by atoms with van der Waals surface area (Å²) in [5, 5.41) is 9.41. The van der Waals surface area contributed by atoms with E-state index in [-0.39, 0.29) is 13.0 Å². The maximum atomic E-state index is 11.5. The van der Waals surface area contributed by atoms with E-state index in [1.807, 2.05) is 0 Å². The Morgan fingerprint density at radius 1 is 0.897 bits per heavy atom. The Morgan fingerprint density at radius 2 is 1.48 bits per heavy atom. The zero-order chi connectivity index (χ0) is 21.8. The van der Waals surface area contributed by atoms with E-state index >= 15 is 0 Å². The van der Waals surface area contributed by atoms with Crippen molar-refractivity contribution in [2.45, 2.75) is 90.1 Å². The number of allylic oxidation sites excluding steroid dienone is 4. The molecule has 0 saturated heterocycles. The quantitative estimate of drug-likeness (QED) is 0.116. The normalized spacial score (nSPS) is 13.4. The van der Waals surface area contributed by atoms with Gasteiger partial charge >= 0.3 is 13.8 Å². The maximum absolute atomic E-state index is 11.5. The lowest BCUT2D eigenvalue weighted by Crippen LogP contribution is -2.23. The van der Waals surface area contributed by atoms with Crippen molar-refractivity contribution in [3.8, 4) is 0 Å². The molecule has 0 aliphatic carbocycles. The summed E-state index contributed by atoms with van der Waals surface area (Å²) in [5.74, 6) is -0.425. The number of hydrogen-bond donors (Lipinski definition) is 3. The lowest BCUT2D eigenvalue weighted by Gasteiger charge is -2.12. The van der Waals surface area contributed by atoms with Crippen molar-refractivity contribution in [2.24, 2.45) is 0 Å². The topological polar surface area (TPSA) is 113 Å². The number of carbonyl (C=O) groups is 1. The van der Waals surface area contributed by atoms with Crippen LogP contribution in [0.1, 0.15) is 84.0 Å². The van der Waals surface area contributed by atoms with Gasteiger partial charge in [-0.1, -0.05) is 63.3 Å². The number of esters is 1. The molecular weight excluding hydrogens is 395 g/mol. The van der Waals surface area contributed by atoms with Crippen molar-refractivity contribution >= 4 is 13.8 Å². The molecule has 0 aromatic rings. The zero-order valence-electron chi connectivity index (χ0n) is 17.7. The summed E-state index contributed by atoms with van der Waals surface area (Å²) in [6.45, 7) is 1.30. The van der Waals surface area contributed by atoms with Gasteiger partial charge in [-0.05, 0) is 38.5 Å². The molecule has 0 fully saturated rings. The number of ether oxygens (including phenoxy) is 1. The summed E-state index contributed by atoms with van der Waals surface area (Å²) in [7, 11) is -4.62. The molecule has 0 unspecified atom stereocenters. The summed E-state index contributed by atoms with van der Waals surface area (Å²) in [6, 6.07) is 0. The molecule has 0 bridgehead atoms. The third kappa shape index (κ3) is 23.2. The van der Waals surface area contributed by atoms with Gasteiger partial charge in [-0.2, -0.15) is 0 Å². The fourth-order valence-corrected chi connectivity index (χ4v) is 2.94. The van der Waals surface area contributed by atoms with Crippen molar-refractivity contribution < 1.29 is 33.5 Å². The monoisotopic (exact) mass is 434 g/mol. The Kier molecular flexibility index (Phi) is 18.4. The van der Waals surface area contributed by atoms with Gasteiger partial charge in [-0.15, -0.1) is 0 Å². The molecular formula is C21H39O7P. The van der Waals surface area contributed by atoms with Gasteiger partial charge in [0, 0.05) is 6.42 Å². The fraction of sp³-hybridized carbons (Fsp3) is 0.762. The molecule has 0 aliphatic heterocycles. The van der Waals surface area contributed by atoms with Crippen LogP contribution in [0.5, 0.6) is 0 Å². The van der Waals surface area contributed by atoms with E-state index in [9.17, 15) is 14.5 Å². The number of phosphoric ester groups is 1. The van der Waals surface area contributed by atoms with Crippen molar-refractivity contribution in [1.29, 1.82) is 0 Å². The van der Waals surface area contributed by atoms with Crippen molar-refractivity contribution in [3.63, 3.8) is 0 Å². The third-order valence-corrected chi connectivity index (χ3v) is 4.69. The van der Waals surface area contributed by atoms with Crippen LogP contribution >= 0.6 is 7.82 Å². The number of rotatable bonds is 19. The summed E-state index contributed by atoms with van der Waals surface area (Å²) in [4.78, 5) is 28.6. The predicted molar refractivity (Wildman–Crippen MR) is 114 cm³/mol. The summed E-state index contributed by atoms with van der Waals surface area (Å²) in [6.07, 6.45) is 20.1. The number of aliphatic hydroxyl groups excluding tert-OH is 1. The van der Waals surface area contributed by atoms with Crippen LogP contribution < -0.4 is 0 Å². The number of carbonyl (C=O) groups excluding carboxylic acids is 1. The summed E-state index contributed by atoms with van der Waals surface area (Å²) < 4.78 is 19.5. The first-order valence-corrected chi connectivity index (χ1v) is 12.2. The first-order chi connectivity index (χ1) is 13.8. The molecule has 3 N–H and O–H groups in total. The van der Waals surface area contributed by atoms with Crippen LogP contribution in [-0.2, 0) is 18.6 Å². The van der Waals surface area contributed by atoms with Gasteiger partial charge in [-0.25, -0.2) is 4.57 Å². The number of aliphatic hydroxyl groups is 1. The minimum Gasteiger partial charge on any atom is -0.463 e. The minimum absolute atomic E-state index is 0.274. The average molecular weight is 435 g/mol. The van der Waals surface area contributed by atoms with E-state index < -0.39 is 26.5 Å². The van der Waals surface area contributed by atoms with E-state index in [2.05, 4.69) is 35.8 Å². The molecule has 7 nitrogen and oxygen atoms in total. The van der Waals surface area contributed by atoms with E-state index in [1.165, 1.54) is 25.7 Å². The molecule has 0 heterocycles. The highest BCUT2D eigenvalue weighted by Gasteiger charge is 2.17. The van der Waals surface area contributed by atoms with E-state index in [0.29, 0.717) is 0 Å². The van der Waals surface area contributed by atoms with Crippen molar-refractivity contribution in [1.82, 2.24) is 0 Å². The van der Waals surface area contributed by atoms with Crippen molar-refractivity contribution in [3.05, 3.63) is 24.3 Å². The van der Waals surface area contributed by atoms with Crippen LogP contribution in [0, 0.1) is 0 Å². The third-order valence-electron chi connectivity index (χ3n) is 4.20. The SMILES string of the molecule is CCCCC/C=C/C/C=C/CCCCCCCC(=O)OC[C@H](O)COP(=O)(O)O. The van der Waals surface area contributed by atoms with Crippen LogP contribution in [0.3, 0.4) is 0 Å². The summed E-state index contributed by atoms with van der Waals surface area (Å²) in [5.41, 5.74) is 0. The molecule has 0 saturated carbocycles. The average Bonchev–Trinajstić information content (AvgIpc) is 2.67. The van der Waals surface area contributed by atoms with Crippen molar-refractivity contribution in [2.75, 3.05) is 13.2 Å². The molecule has 0 rings (SSSR count). The standard InChI is InChI=1S/C21H39O7P/c1-2-3-4-5-6-7-8-9-10-11-12-13-14-15-16-17-21(23)27-18-20(22)19-28-29(24,25)26/h6-7,9-10,20,22H,2-5,8,11-19H2,1H3,(H2,24,25,26)/b7-6+,10-9+/t20-/m0/s1. The molecule has 0 spiro atoms. The highest BCUT2D eigenvalue weighted by Crippen LogP contribution is 2.35. The largest absolute Gasteiger partial charge is 0.469 e. The first-order valence-electron chi connectivity index (χ1n) is 10.7. The van der Waals surface area contributed by atoms with E-state index in [0.717, 1.165) is 44.9 Å². The lowest BCUT2D eigenvalue weighted by molar-refractivity contribution is -0.147. The lowest BCUT2D eigenvalue weighted by atomic mass is 10.1. The Hall–Kier alpha value is -0.980. The highest BCUT2D eigenvalue weighted by atomic mass is 31.2. The second-order valence-corrected chi connectivity index (χ2v) is 8.34. The fourth-order valence-electron chi connectivity index (χ4n) is 2.57. The van der Waals surface area contributed by atoms with Crippen LogP contribution in [0.15, 0.2) is 24.3 Å². The van der Waals surface area contributed by atoms with Gasteiger partial charge in [0.1, 0.15) is 12.7 Å². The second kappa shape index (κ2) is 19.0. The smallest absolute Gasteiger partial charge is 0.463 e. The Bertz CT molecular complexity index is 499. The van der Waals surface area contributed by atoms with Crippen LogP contribution in [0.2, 0.25) is 0 Å². The highest BCUT2D eigenvalue weighted by molar-refractivity contribution is 7.46. The number of phosphoric acid groups is 1. The maximum Gasteiger partial charge on any atom is 0.469 e. The number of unbranched alkanes of at least 4 members (excludes halogenated alkanes) is 8. The molecule has 0 radical (unpaired) electrons. The Labute approximate surface area is 175 Å². The van der Waals surface area contributed by atoms with Gasteiger partial charge in [0.15, 0.2) is 0 Å². The molecule has 0 aliphatic rings. The van der Waals surface area contributed by atoms with E-state index in [1.54, 1.807) is 0 Å². The minimum atomic E-state index is -4.62. The van der Waals surface area contributed by atoms with Crippen LogP contribution in [0.25, 0.3) is 0 Å². The molecule has 8 heteroatoms. The van der Waals surface area contributed by atoms with Gasteiger partial charge in [0.05, 0.1) is 6.61 Å².